The number of thiophene rings is 4. The smallest absolute Gasteiger partial charge is 0.109 e. The minimum absolute atomic E-state index is 0.488. The van der Waals surface area contributed by atoms with E-state index in [4.69, 9.17) is 41.4 Å². The molecule has 190 valence electrons. The summed E-state index contributed by atoms with van der Waals surface area (Å²) >= 11 is 23.0. The average Bonchev–Trinajstić information content (AvgIpc) is 3.74. The maximum atomic E-state index is 9.64. The minimum Gasteiger partial charge on any atom is -0.396 e. The maximum Gasteiger partial charge on any atom is 0.109 e. The molecule has 0 radical (unpaired) electrons. The normalized spacial score (nSPS) is 11.8. The van der Waals surface area contributed by atoms with Crippen LogP contribution in [0, 0.1) is 22.7 Å². The van der Waals surface area contributed by atoms with Gasteiger partial charge in [0, 0.05) is 52.8 Å². The molecule has 0 spiro atoms. The second kappa shape index (κ2) is 12.0. The first kappa shape index (κ1) is 27.4. The number of anilines is 1. The molecule has 0 aliphatic heterocycles. The Morgan fingerprint density at radius 1 is 0.718 bits per heavy atom. The van der Waals surface area contributed by atoms with Crippen LogP contribution < -0.4 is 5.73 Å². The van der Waals surface area contributed by atoms with Crippen molar-refractivity contribution in [3.63, 3.8) is 0 Å². The van der Waals surface area contributed by atoms with Gasteiger partial charge in [-0.05, 0) is 60.7 Å². The molecule has 0 bridgehead atoms. The molecule has 1 aromatic carbocycles. The third-order valence-corrected chi connectivity index (χ3v) is 10.4. The number of nitriles is 2. The number of nitrogens with zero attached hydrogens (tertiary/aromatic N) is 3. The molecule has 4 nitrogen and oxygen atoms in total. The Morgan fingerprint density at radius 2 is 1.21 bits per heavy atom. The van der Waals surface area contributed by atoms with Crippen molar-refractivity contribution >= 4 is 116 Å². The van der Waals surface area contributed by atoms with Gasteiger partial charge < -0.3 is 5.73 Å². The maximum absolute atomic E-state index is 9.64. The number of halogens is 2. The fourth-order valence-electron chi connectivity index (χ4n) is 3.79. The molecule has 0 saturated heterocycles. The van der Waals surface area contributed by atoms with Crippen molar-refractivity contribution in [2.24, 2.45) is 4.36 Å². The first-order valence-electron chi connectivity index (χ1n) is 11.1. The number of allylic oxidation sites excluding steroid dienone is 2. The summed E-state index contributed by atoms with van der Waals surface area (Å²) in [6.45, 7) is 0. The van der Waals surface area contributed by atoms with Crippen LogP contribution in [0.25, 0.3) is 44.2 Å². The third-order valence-electron chi connectivity index (χ3n) is 5.58. The van der Waals surface area contributed by atoms with Gasteiger partial charge in [0.15, 0.2) is 0 Å². The van der Waals surface area contributed by atoms with E-state index in [-0.39, 0.29) is 0 Å². The lowest BCUT2D eigenvalue weighted by Gasteiger charge is -2.10. The summed E-state index contributed by atoms with van der Waals surface area (Å²) < 4.78 is 5.38. The van der Waals surface area contributed by atoms with Crippen LogP contribution in [-0.4, -0.2) is 0 Å². The summed E-state index contributed by atoms with van der Waals surface area (Å²) in [6.07, 6.45) is 3.69. The molecule has 39 heavy (non-hydrogen) atoms. The molecular weight excluding hydrogens is 624 g/mol. The number of hydrogen-bond donors (Lipinski definition) is 1. The number of hydrogen-bond acceptors (Lipinski definition) is 9. The molecule has 5 rings (SSSR count). The molecule has 4 heterocycles. The predicted molar refractivity (Wildman–Crippen MR) is 173 cm³/mol. The Labute approximate surface area is 256 Å². The van der Waals surface area contributed by atoms with E-state index in [1.807, 2.05) is 60.7 Å². The number of benzene rings is 1. The van der Waals surface area contributed by atoms with Crippen molar-refractivity contribution in [1.29, 1.82) is 10.5 Å². The van der Waals surface area contributed by atoms with Crippen molar-refractivity contribution in [2.45, 2.75) is 0 Å². The molecular formula is C28H14Cl2N4S5. The number of nitrogen functional groups attached to an aromatic ring is 1. The Balaban J connectivity index is 1.46. The second-order valence-electron chi connectivity index (χ2n) is 7.97. The van der Waals surface area contributed by atoms with Crippen LogP contribution in [0.15, 0.2) is 65.0 Å². The lowest BCUT2D eigenvalue weighted by atomic mass is 10.0. The molecule has 0 saturated carbocycles. The molecule has 4 aromatic heterocycles. The van der Waals surface area contributed by atoms with Gasteiger partial charge in [0.25, 0.3) is 0 Å². The van der Waals surface area contributed by atoms with Gasteiger partial charge in [0.05, 0.1) is 25.5 Å². The fraction of sp³-hybridized carbons (Fsp3) is 0. The van der Waals surface area contributed by atoms with Crippen molar-refractivity contribution < 1.29 is 0 Å². The van der Waals surface area contributed by atoms with Gasteiger partial charge in [-0.3, -0.25) is 0 Å². The van der Waals surface area contributed by atoms with Crippen molar-refractivity contribution in [3.05, 3.63) is 88.8 Å². The van der Waals surface area contributed by atoms with Gasteiger partial charge in [0.2, 0.25) is 0 Å². The minimum atomic E-state index is 0.488. The summed E-state index contributed by atoms with van der Waals surface area (Å²) in [4.78, 5) is 5.35. The zero-order valence-electron chi connectivity index (χ0n) is 19.6. The van der Waals surface area contributed by atoms with Gasteiger partial charge in [-0.1, -0.05) is 35.3 Å². The predicted octanol–water partition coefficient (Wildman–Crippen LogP) is 10.6. The van der Waals surface area contributed by atoms with E-state index in [0.717, 1.165) is 40.4 Å². The van der Waals surface area contributed by atoms with Crippen molar-refractivity contribution in [2.75, 3.05) is 5.73 Å². The summed E-state index contributed by atoms with van der Waals surface area (Å²) in [6, 6.07) is 23.5. The van der Waals surface area contributed by atoms with Gasteiger partial charge in [0.1, 0.15) is 17.8 Å². The Morgan fingerprint density at radius 3 is 1.64 bits per heavy atom. The molecule has 0 unspecified atom stereocenters. The molecule has 0 fully saturated rings. The first-order chi connectivity index (χ1) is 18.9. The highest BCUT2D eigenvalue weighted by Crippen LogP contribution is 2.45. The van der Waals surface area contributed by atoms with Crippen molar-refractivity contribution in [1.82, 2.24) is 0 Å². The van der Waals surface area contributed by atoms with E-state index in [0.29, 0.717) is 31.2 Å². The highest BCUT2D eigenvalue weighted by molar-refractivity contribution is 7.47. The Bertz CT molecular complexity index is 1860. The van der Waals surface area contributed by atoms with E-state index in [1.54, 1.807) is 12.1 Å². The quantitative estimate of drug-likeness (QED) is 0.142. The first-order valence-corrected chi connectivity index (χ1v) is 15.5. The van der Waals surface area contributed by atoms with E-state index < -0.39 is 0 Å². The van der Waals surface area contributed by atoms with E-state index in [9.17, 15) is 10.5 Å². The van der Waals surface area contributed by atoms with Gasteiger partial charge >= 0.3 is 0 Å². The van der Waals surface area contributed by atoms with Crippen LogP contribution in [-0.2, 0) is 12.4 Å². The number of nitrogens with two attached hydrogens (primary N) is 1. The fourth-order valence-corrected chi connectivity index (χ4v) is 7.97. The van der Waals surface area contributed by atoms with Gasteiger partial charge in [-0.2, -0.15) is 14.9 Å². The summed E-state index contributed by atoms with van der Waals surface area (Å²) in [5.41, 5.74) is 10.3. The number of rotatable bonds is 7. The summed E-state index contributed by atoms with van der Waals surface area (Å²) in [5.74, 6) is 0. The van der Waals surface area contributed by atoms with Crippen molar-refractivity contribution in [3.8, 4) is 33.0 Å². The average molecular weight is 638 g/mol. The zero-order valence-corrected chi connectivity index (χ0v) is 25.2. The van der Waals surface area contributed by atoms with Crippen LogP contribution >= 0.6 is 68.5 Å². The van der Waals surface area contributed by atoms with Crippen LogP contribution in [0.1, 0.15) is 19.5 Å². The van der Waals surface area contributed by atoms with E-state index in [2.05, 4.69) is 16.5 Å². The SMILES string of the molecule is N#C/C(=C\c1ccc(-c2ccc(-c3ccc(/C=C(\C#N)c4ccc(Cl)s4)s3)c(N=S)c2N)s1)c1ccc(Cl)s1. The van der Waals surface area contributed by atoms with Gasteiger partial charge in [-0.25, -0.2) is 0 Å². The molecule has 5 aromatic rings. The highest BCUT2D eigenvalue weighted by Gasteiger charge is 2.17. The summed E-state index contributed by atoms with van der Waals surface area (Å²) in [7, 11) is 0. The topological polar surface area (TPSA) is 86.0 Å². The van der Waals surface area contributed by atoms with Crippen LogP contribution in [0.4, 0.5) is 11.4 Å². The standard InChI is InChI=1S/C28H14Cl2N4S5/c29-25-9-7-21(38-25)15(13-31)11-17-1-5-23(36-17)19-3-4-20(28(34-35)27(19)33)24-6-2-18(37-24)12-16(14-32)22-8-10-26(30)39-22/h1-12H,33H2/b15-11+,16-12+. The van der Waals surface area contributed by atoms with E-state index >= 15 is 0 Å². The largest absolute Gasteiger partial charge is 0.396 e. The molecule has 0 aliphatic rings. The van der Waals surface area contributed by atoms with Crippen LogP contribution in [0.3, 0.4) is 0 Å². The second-order valence-corrected chi connectivity index (χ2v) is 13.8. The lowest BCUT2D eigenvalue weighted by molar-refractivity contribution is 1.54. The zero-order chi connectivity index (χ0) is 27.5. The van der Waals surface area contributed by atoms with E-state index in [1.165, 1.54) is 45.3 Å². The lowest BCUT2D eigenvalue weighted by Crippen LogP contribution is -1.91. The molecule has 11 heteroatoms. The van der Waals surface area contributed by atoms with Gasteiger partial charge in [-0.15, -0.1) is 45.3 Å². The summed E-state index contributed by atoms with van der Waals surface area (Å²) in [5, 5.41) is 19.3. The Hall–Kier alpha value is -3.12. The highest BCUT2D eigenvalue weighted by atomic mass is 35.5. The molecule has 2 N–H and O–H groups in total. The molecule has 0 amide bonds. The monoisotopic (exact) mass is 636 g/mol. The van der Waals surface area contributed by atoms with Crippen LogP contribution in [0.2, 0.25) is 8.67 Å². The third kappa shape index (κ3) is 5.91. The molecule has 0 atom stereocenters. The van der Waals surface area contributed by atoms with Crippen LogP contribution in [0.5, 0.6) is 0 Å². The Kier molecular flexibility index (Phi) is 8.41. The molecule has 0 aliphatic carbocycles.